The van der Waals surface area contributed by atoms with Gasteiger partial charge in [0.15, 0.2) is 0 Å². The molecule has 1 aliphatic heterocycles. The molecule has 5 rings (SSSR count). The van der Waals surface area contributed by atoms with Gasteiger partial charge >= 0.3 is 6.09 Å². The summed E-state index contributed by atoms with van der Waals surface area (Å²) in [6.07, 6.45) is 0.319. The zero-order chi connectivity index (χ0) is 28.3. The number of nitrogens with one attached hydrogen (secondary N) is 3. The predicted octanol–water partition coefficient (Wildman–Crippen LogP) is 5.51. The third-order valence-electron chi connectivity index (χ3n) is 7.11. The van der Waals surface area contributed by atoms with Crippen LogP contribution < -0.4 is 10.0 Å². The molecule has 4 aromatic rings. The molecule has 0 radical (unpaired) electrons. The molecule has 4 N–H and O–H groups in total. The van der Waals surface area contributed by atoms with E-state index in [1.54, 1.807) is 48.3 Å². The van der Waals surface area contributed by atoms with Crippen LogP contribution in [0.1, 0.15) is 34.5 Å². The number of amides is 2. The van der Waals surface area contributed by atoms with Crippen molar-refractivity contribution in [3.8, 4) is 0 Å². The first-order chi connectivity index (χ1) is 19.2. The molecule has 3 heterocycles. The van der Waals surface area contributed by atoms with E-state index in [1.165, 1.54) is 10.5 Å². The number of thiophene rings is 1. The highest BCUT2D eigenvalue weighted by Crippen LogP contribution is 2.38. The number of hydrogen-bond acceptors (Lipinski definition) is 6. The van der Waals surface area contributed by atoms with Gasteiger partial charge in [0, 0.05) is 35.5 Å². The summed E-state index contributed by atoms with van der Waals surface area (Å²) in [5, 5.41) is 14.9. The number of H-pyrrole nitrogens is 1. The van der Waals surface area contributed by atoms with E-state index in [2.05, 4.69) is 27.2 Å². The highest BCUT2D eigenvalue weighted by Gasteiger charge is 2.37. The van der Waals surface area contributed by atoms with Gasteiger partial charge in [-0.1, -0.05) is 42.5 Å². The second-order valence-electron chi connectivity index (χ2n) is 9.86. The zero-order valence-electron chi connectivity index (χ0n) is 21.8. The largest absolute Gasteiger partial charge is 0.465 e. The number of fused-ring (bicyclic) bond motifs is 1. The Balaban J connectivity index is 1.32. The number of aromatic amines is 1. The molecule has 0 unspecified atom stereocenters. The summed E-state index contributed by atoms with van der Waals surface area (Å²) in [5.74, 6) is 0.447. The highest BCUT2D eigenvalue weighted by molar-refractivity contribution is 8.00. The summed E-state index contributed by atoms with van der Waals surface area (Å²) in [5.41, 5.74) is 3.04. The number of aromatic nitrogens is 1. The summed E-state index contributed by atoms with van der Waals surface area (Å²) >= 11 is 2.89. The molecule has 210 valence electrons. The summed E-state index contributed by atoms with van der Waals surface area (Å²) in [6, 6.07) is 18.7. The fraction of sp³-hybridized carbons (Fsp3) is 0.286. The van der Waals surface area contributed by atoms with Crippen LogP contribution in [0.25, 0.3) is 10.9 Å². The smallest absolute Gasteiger partial charge is 0.407 e. The van der Waals surface area contributed by atoms with Crippen molar-refractivity contribution in [1.82, 2.24) is 15.2 Å². The quantitative estimate of drug-likeness (QED) is 0.201. The van der Waals surface area contributed by atoms with Gasteiger partial charge in [0.25, 0.3) is 15.9 Å². The van der Waals surface area contributed by atoms with E-state index in [0.717, 1.165) is 17.1 Å². The second-order valence-corrected chi connectivity index (χ2v) is 14.1. The number of aryl methyl sites for hydroxylation is 1. The van der Waals surface area contributed by atoms with E-state index in [1.807, 2.05) is 24.3 Å². The summed E-state index contributed by atoms with van der Waals surface area (Å²) < 4.78 is 28.5. The van der Waals surface area contributed by atoms with Gasteiger partial charge in [-0.15, -0.1) is 23.1 Å². The lowest BCUT2D eigenvalue weighted by atomic mass is 9.95. The summed E-state index contributed by atoms with van der Waals surface area (Å²) in [6.45, 7) is 2.95. The number of thioether (sulfide) groups is 1. The number of benzene rings is 2. The van der Waals surface area contributed by atoms with Crippen molar-refractivity contribution < 1.29 is 23.1 Å². The third-order valence-corrected chi connectivity index (χ3v) is 11.8. The van der Waals surface area contributed by atoms with Crippen molar-refractivity contribution in [3.63, 3.8) is 0 Å². The molecule has 0 aliphatic carbocycles. The molecular weight excluding hydrogens is 569 g/mol. The van der Waals surface area contributed by atoms with Gasteiger partial charge in [-0.3, -0.25) is 9.52 Å². The van der Waals surface area contributed by atoms with Crippen molar-refractivity contribution in [2.75, 3.05) is 24.4 Å². The zero-order valence-corrected chi connectivity index (χ0v) is 24.3. The van der Waals surface area contributed by atoms with Crippen LogP contribution in [0.4, 0.5) is 10.5 Å². The average molecular weight is 599 g/mol. The van der Waals surface area contributed by atoms with Gasteiger partial charge < -0.3 is 20.3 Å². The Morgan fingerprint density at radius 1 is 1.10 bits per heavy atom. The first kappa shape index (κ1) is 28.1. The normalized spacial score (nSPS) is 15.2. The molecule has 0 bridgehead atoms. The minimum Gasteiger partial charge on any atom is -0.465 e. The van der Waals surface area contributed by atoms with Crippen LogP contribution >= 0.6 is 23.1 Å². The van der Waals surface area contributed by atoms with Crippen molar-refractivity contribution in [1.29, 1.82) is 0 Å². The maximum Gasteiger partial charge on any atom is 0.407 e. The number of nitrogens with zero attached hydrogens (tertiary/aromatic N) is 1. The Morgan fingerprint density at radius 3 is 2.52 bits per heavy atom. The van der Waals surface area contributed by atoms with Crippen LogP contribution in [0.5, 0.6) is 0 Å². The number of carboxylic acid groups (broad SMARTS) is 1. The third kappa shape index (κ3) is 6.13. The molecular formula is C28H30N4O5S3. The lowest BCUT2D eigenvalue weighted by Crippen LogP contribution is -2.50. The van der Waals surface area contributed by atoms with E-state index in [0.29, 0.717) is 60.3 Å². The van der Waals surface area contributed by atoms with E-state index in [4.69, 9.17) is 0 Å². The standard InChI is InChI=1S/C28H30N4O5S3/c1-19-10-15-38-26(19)40(36,37)31-22-9-5-8-21-16-23(30-24(21)22)25(33)29-18-28(11-13-32(14-12-28)27(34)35)39-17-20-6-3-2-4-7-20/h2-10,15-16,30-31H,11-14,17-18H2,1H3,(H,29,33)(H,34,35). The molecule has 2 amide bonds. The molecule has 1 aliphatic rings. The number of piperidine rings is 1. The number of rotatable bonds is 9. The Bertz CT molecular complexity index is 1620. The number of carbonyl (C=O) groups excluding carboxylic acids is 1. The molecule has 1 saturated heterocycles. The predicted molar refractivity (Wildman–Crippen MR) is 160 cm³/mol. The SMILES string of the molecule is Cc1ccsc1S(=O)(=O)Nc1cccc2cc(C(=O)NCC3(SCc4ccccc4)CCN(C(=O)O)CC3)[nH]c12. The average Bonchev–Trinajstić information content (AvgIpc) is 3.59. The fourth-order valence-corrected chi connectivity index (χ4v) is 8.62. The monoisotopic (exact) mass is 598 g/mol. The molecule has 0 atom stereocenters. The summed E-state index contributed by atoms with van der Waals surface area (Å²) in [4.78, 5) is 29.3. The van der Waals surface area contributed by atoms with E-state index < -0.39 is 16.1 Å². The Hall–Kier alpha value is -3.48. The van der Waals surface area contributed by atoms with Gasteiger partial charge in [0.05, 0.1) is 11.2 Å². The van der Waals surface area contributed by atoms with Crippen molar-refractivity contribution in [3.05, 3.63) is 82.9 Å². The Kier molecular flexibility index (Phi) is 8.11. The summed E-state index contributed by atoms with van der Waals surface area (Å²) in [7, 11) is -3.78. The van der Waals surface area contributed by atoms with Gasteiger partial charge in [0.2, 0.25) is 0 Å². The van der Waals surface area contributed by atoms with Crippen molar-refractivity contribution in [2.24, 2.45) is 0 Å². The lowest BCUT2D eigenvalue weighted by Gasteiger charge is -2.40. The molecule has 2 aromatic heterocycles. The first-order valence-corrected chi connectivity index (χ1v) is 16.1. The van der Waals surface area contributed by atoms with Crippen LogP contribution in [0.2, 0.25) is 0 Å². The van der Waals surface area contributed by atoms with E-state index >= 15 is 0 Å². The van der Waals surface area contributed by atoms with Crippen molar-refractivity contribution in [2.45, 2.75) is 34.5 Å². The van der Waals surface area contributed by atoms with Crippen LogP contribution in [-0.2, 0) is 15.8 Å². The van der Waals surface area contributed by atoms with Crippen LogP contribution in [-0.4, -0.2) is 59.8 Å². The van der Waals surface area contributed by atoms with Crippen molar-refractivity contribution >= 4 is 61.7 Å². The lowest BCUT2D eigenvalue weighted by molar-refractivity contribution is 0.0933. The first-order valence-electron chi connectivity index (χ1n) is 12.8. The van der Waals surface area contributed by atoms with Crippen LogP contribution in [0, 0.1) is 6.92 Å². The number of sulfonamides is 1. The molecule has 2 aromatic carbocycles. The van der Waals surface area contributed by atoms with E-state index in [9.17, 15) is 23.1 Å². The van der Waals surface area contributed by atoms with E-state index in [-0.39, 0.29) is 14.9 Å². The van der Waals surface area contributed by atoms with Crippen LogP contribution in [0.3, 0.4) is 0 Å². The molecule has 0 saturated carbocycles. The Morgan fingerprint density at radius 2 is 1.85 bits per heavy atom. The van der Waals surface area contributed by atoms with Gasteiger partial charge in [-0.2, -0.15) is 0 Å². The number of para-hydroxylation sites is 1. The van der Waals surface area contributed by atoms with Crippen LogP contribution in [0.15, 0.2) is 70.3 Å². The minimum absolute atomic E-state index is 0.251. The highest BCUT2D eigenvalue weighted by atomic mass is 32.2. The topological polar surface area (TPSA) is 132 Å². The number of hydrogen-bond donors (Lipinski definition) is 4. The number of likely N-dealkylation sites (tertiary alicyclic amines) is 1. The number of carbonyl (C=O) groups is 2. The molecule has 1 fully saturated rings. The molecule has 40 heavy (non-hydrogen) atoms. The molecule has 9 nitrogen and oxygen atoms in total. The van der Waals surface area contributed by atoms with Gasteiger partial charge in [0.1, 0.15) is 9.90 Å². The maximum atomic E-state index is 13.3. The number of anilines is 1. The minimum atomic E-state index is -3.78. The fourth-order valence-electron chi connectivity index (χ4n) is 4.81. The maximum absolute atomic E-state index is 13.3. The van der Waals surface area contributed by atoms with Gasteiger partial charge in [-0.25, -0.2) is 13.2 Å². The molecule has 0 spiro atoms. The molecule has 12 heteroatoms. The van der Waals surface area contributed by atoms with Gasteiger partial charge in [-0.05, 0) is 54.5 Å². The second kappa shape index (κ2) is 11.6. The Labute approximate surface area is 241 Å².